The largest absolute Gasteiger partial charge is 0.459 e. The van der Waals surface area contributed by atoms with Crippen molar-refractivity contribution in [3.63, 3.8) is 0 Å². The molecular weight excluding hydrogens is 406 g/mol. The normalized spacial score (nSPS) is 16.7. The lowest BCUT2D eigenvalue weighted by Gasteiger charge is -2.30. The Morgan fingerprint density at radius 2 is 1.83 bits per heavy atom. The Hall–Kier alpha value is -2.65. The van der Waals surface area contributed by atoms with E-state index in [1.54, 1.807) is 12.1 Å². The van der Waals surface area contributed by atoms with Crippen LogP contribution in [0.1, 0.15) is 29.0 Å². The van der Waals surface area contributed by atoms with E-state index in [4.69, 9.17) is 4.42 Å². The van der Waals surface area contributed by atoms with Gasteiger partial charge >= 0.3 is 0 Å². The summed E-state index contributed by atoms with van der Waals surface area (Å²) < 4.78 is 29.8. The van der Waals surface area contributed by atoms with E-state index in [0.29, 0.717) is 38.9 Å². The zero-order chi connectivity index (χ0) is 21.6. The maximum absolute atomic E-state index is 12.9. The second-order valence-electron chi connectivity index (χ2n) is 7.54. The summed E-state index contributed by atoms with van der Waals surface area (Å²) in [6.45, 7) is 1.36. The number of carbonyl (C=O) groups excluding carboxylic acids is 2. The number of hydrogen-bond acceptors (Lipinski definition) is 5. The third kappa shape index (κ3) is 6.17. The number of nitrogens with one attached hydrogen (secondary N) is 2. The van der Waals surface area contributed by atoms with Gasteiger partial charge in [-0.25, -0.2) is 12.7 Å². The minimum Gasteiger partial charge on any atom is -0.459 e. The van der Waals surface area contributed by atoms with Crippen LogP contribution in [0.15, 0.2) is 53.1 Å². The monoisotopic (exact) mass is 433 g/mol. The predicted octanol–water partition coefficient (Wildman–Crippen LogP) is 1.41. The molecule has 0 aliphatic carbocycles. The second-order valence-corrected chi connectivity index (χ2v) is 9.53. The minimum absolute atomic E-state index is 0.147. The van der Waals surface area contributed by atoms with Gasteiger partial charge in [0.15, 0.2) is 5.76 Å². The molecule has 1 aliphatic heterocycles. The molecule has 1 unspecified atom stereocenters. The molecule has 0 radical (unpaired) electrons. The van der Waals surface area contributed by atoms with Crippen molar-refractivity contribution >= 4 is 21.8 Å². The van der Waals surface area contributed by atoms with Crippen LogP contribution in [-0.4, -0.2) is 56.5 Å². The molecule has 162 valence electrons. The van der Waals surface area contributed by atoms with Crippen LogP contribution in [0.2, 0.25) is 0 Å². The third-order valence-electron chi connectivity index (χ3n) is 5.26. The second kappa shape index (κ2) is 9.90. The molecule has 30 heavy (non-hydrogen) atoms. The fourth-order valence-corrected chi connectivity index (χ4v) is 4.38. The molecular formula is C21H27N3O5S. The number of benzene rings is 1. The van der Waals surface area contributed by atoms with Gasteiger partial charge in [-0.15, -0.1) is 0 Å². The third-order valence-corrected chi connectivity index (χ3v) is 6.56. The van der Waals surface area contributed by atoms with E-state index in [1.807, 2.05) is 30.3 Å². The van der Waals surface area contributed by atoms with Crippen molar-refractivity contribution in [2.45, 2.75) is 25.3 Å². The lowest BCUT2D eigenvalue weighted by atomic mass is 9.98. The van der Waals surface area contributed by atoms with E-state index in [1.165, 1.54) is 16.8 Å². The average molecular weight is 434 g/mol. The summed E-state index contributed by atoms with van der Waals surface area (Å²) in [6, 6.07) is 11.9. The highest BCUT2D eigenvalue weighted by Gasteiger charge is 2.27. The molecule has 0 spiro atoms. The lowest BCUT2D eigenvalue weighted by molar-refractivity contribution is -0.123. The van der Waals surface area contributed by atoms with Gasteiger partial charge in [0, 0.05) is 26.1 Å². The Morgan fingerprint density at radius 1 is 1.13 bits per heavy atom. The first-order valence-corrected chi connectivity index (χ1v) is 11.8. The van der Waals surface area contributed by atoms with Crippen LogP contribution in [0.4, 0.5) is 0 Å². The molecule has 1 fully saturated rings. The fourth-order valence-electron chi connectivity index (χ4n) is 3.51. The Labute approximate surface area is 176 Å². The SMILES string of the molecule is CS(=O)(=O)N1CCC(CNC(=O)C(Cc2ccccc2)NC(=O)c2ccco2)CC1. The van der Waals surface area contributed by atoms with Gasteiger partial charge < -0.3 is 15.1 Å². The van der Waals surface area contributed by atoms with Gasteiger partial charge in [-0.1, -0.05) is 30.3 Å². The summed E-state index contributed by atoms with van der Waals surface area (Å²) in [4.78, 5) is 25.3. The van der Waals surface area contributed by atoms with Crippen molar-refractivity contribution in [3.8, 4) is 0 Å². The van der Waals surface area contributed by atoms with Crippen LogP contribution in [-0.2, 0) is 21.2 Å². The topological polar surface area (TPSA) is 109 Å². The first kappa shape index (κ1) is 22.0. The number of hydrogen-bond donors (Lipinski definition) is 2. The predicted molar refractivity (Wildman–Crippen MR) is 112 cm³/mol. The first-order chi connectivity index (χ1) is 14.3. The molecule has 2 aromatic rings. The molecule has 2 heterocycles. The summed E-state index contributed by atoms with van der Waals surface area (Å²) in [6.07, 6.45) is 4.35. The number of nitrogens with zero attached hydrogens (tertiary/aromatic N) is 1. The Balaban J connectivity index is 1.58. The van der Waals surface area contributed by atoms with Gasteiger partial charge in [0.1, 0.15) is 6.04 Å². The van der Waals surface area contributed by atoms with Crippen LogP contribution in [0, 0.1) is 5.92 Å². The molecule has 1 aromatic heterocycles. The highest BCUT2D eigenvalue weighted by atomic mass is 32.2. The summed E-state index contributed by atoms with van der Waals surface area (Å²) in [5.41, 5.74) is 0.929. The van der Waals surface area contributed by atoms with E-state index in [9.17, 15) is 18.0 Å². The van der Waals surface area contributed by atoms with Gasteiger partial charge in [-0.3, -0.25) is 9.59 Å². The number of amides is 2. The molecule has 2 N–H and O–H groups in total. The van der Waals surface area contributed by atoms with E-state index >= 15 is 0 Å². The molecule has 0 bridgehead atoms. The van der Waals surface area contributed by atoms with Crippen LogP contribution < -0.4 is 10.6 Å². The van der Waals surface area contributed by atoms with E-state index in [2.05, 4.69) is 10.6 Å². The van der Waals surface area contributed by atoms with Crippen LogP contribution >= 0.6 is 0 Å². The molecule has 1 aliphatic rings. The summed E-state index contributed by atoms with van der Waals surface area (Å²) >= 11 is 0. The number of piperidine rings is 1. The Bertz CT molecular complexity index is 936. The van der Waals surface area contributed by atoms with Crippen LogP contribution in [0.5, 0.6) is 0 Å². The molecule has 1 aromatic carbocycles. The van der Waals surface area contributed by atoms with Gasteiger partial charge in [-0.2, -0.15) is 0 Å². The van der Waals surface area contributed by atoms with Gasteiger partial charge in [-0.05, 0) is 36.5 Å². The molecule has 0 saturated carbocycles. The maximum Gasteiger partial charge on any atom is 0.287 e. The highest BCUT2D eigenvalue weighted by Crippen LogP contribution is 2.18. The van der Waals surface area contributed by atoms with Crippen molar-refractivity contribution in [3.05, 3.63) is 60.1 Å². The van der Waals surface area contributed by atoms with Gasteiger partial charge in [0.05, 0.1) is 12.5 Å². The number of carbonyl (C=O) groups is 2. The van der Waals surface area contributed by atoms with Crippen molar-refractivity contribution in [1.29, 1.82) is 0 Å². The minimum atomic E-state index is -3.17. The average Bonchev–Trinajstić information content (AvgIpc) is 3.27. The summed E-state index contributed by atoms with van der Waals surface area (Å²) in [5.74, 6) is -0.374. The molecule has 3 rings (SSSR count). The zero-order valence-corrected chi connectivity index (χ0v) is 17.7. The quantitative estimate of drug-likeness (QED) is 0.654. The van der Waals surface area contributed by atoms with E-state index in [0.717, 1.165) is 5.56 Å². The Morgan fingerprint density at radius 3 is 2.43 bits per heavy atom. The smallest absolute Gasteiger partial charge is 0.287 e. The number of sulfonamides is 1. The summed E-state index contributed by atoms with van der Waals surface area (Å²) in [5, 5.41) is 5.67. The van der Waals surface area contributed by atoms with Crippen molar-refractivity contribution in [2.75, 3.05) is 25.9 Å². The van der Waals surface area contributed by atoms with Crippen LogP contribution in [0.3, 0.4) is 0 Å². The summed E-state index contributed by atoms with van der Waals surface area (Å²) in [7, 11) is -3.17. The molecule has 2 amide bonds. The Kier molecular flexibility index (Phi) is 7.28. The molecule has 9 heteroatoms. The number of furan rings is 1. The van der Waals surface area contributed by atoms with Crippen molar-refractivity contribution in [2.24, 2.45) is 5.92 Å². The van der Waals surface area contributed by atoms with E-state index < -0.39 is 22.0 Å². The van der Waals surface area contributed by atoms with Gasteiger partial charge in [0.2, 0.25) is 15.9 Å². The molecule has 1 saturated heterocycles. The molecule has 8 nitrogen and oxygen atoms in total. The number of rotatable bonds is 8. The van der Waals surface area contributed by atoms with Crippen molar-refractivity contribution in [1.82, 2.24) is 14.9 Å². The zero-order valence-electron chi connectivity index (χ0n) is 16.9. The van der Waals surface area contributed by atoms with Crippen molar-refractivity contribution < 1.29 is 22.4 Å². The molecule has 1 atom stereocenters. The fraction of sp³-hybridized carbons (Fsp3) is 0.429. The van der Waals surface area contributed by atoms with E-state index in [-0.39, 0.29) is 17.6 Å². The van der Waals surface area contributed by atoms with Crippen LogP contribution in [0.25, 0.3) is 0 Å². The lowest BCUT2D eigenvalue weighted by Crippen LogP contribution is -2.49. The standard InChI is InChI=1S/C21H27N3O5S/c1-30(27,28)24-11-9-17(10-12-24)15-22-20(25)18(14-16-6-3-2-4-7-16)23-21(26)19-8-5-13-29-19/h2-8,13,17-18H,9-12,14-15H2,1H3,(H,22,25)(H,23,26). The highest BCUT2D eigenvalue weighted by molar-refractivity contribution is 7.88. The maximum atomic E-state index is 12.9. The van der Waals surface area contributed by atoms with Gasteiger partial charge in [0.25, 0.3) is 5.91 Å². The first-order valence-electron chi connectivity index (χ1n) is 9.94.